The van der Waals surface area contributed by atoms with Gasteiger partial charge < -0.3 is 19.4 Å². The third-order valence-corrected chi connectivity index (χ3v) is 5.74. The van der Waals surface area contributed by atoms with Crippen LogP contribution >= 0.6 is 11.8 Å². The standard InChI is InChI=1S/C20H28N4O3S/c1-12(2)18-22-23-20(24(18)15-7-8-15)28-13(3)19(25)21-11-14-6-9-16(26-4)17(10-14)27-5/h6,9-10,12-13,15H,7-8,11H2,1-5H3,(H,21,25). The van der Waals surface area contributed by atoms with E-state index >= 15 is 0 Å². The first-order valence-corrected chi connectivity index (χ1v) is 10.4. The summed E-state index contributed by atoms with van der Waals surface area (Å²) in [5.74, 6) is 2.60. The van der Waals surface area contributed by atoms with Crippen LogP contribution in [-0.2, 0) is 11.3 Å². The van der Waals surface area contributed by atoms with Crippen LogP contribution in [0.1, 0.15) is 57.0 Å². The van der Waals surface area contributed by atoms with E-state index in [1.807, 2.05) is 25.1 Å². The summed E-state index contributed by atoms with van der Waals surface area (Å²) in [4.78, 5) is 12.6. The summed E-state index contributed by atoms with van der Waals surface area (Å²) in [6.45, 7) is 6.57. The highest BCUT2D eigenvalue weighted by molar-refractivity contribution is 8.00. The molecule has 0 bridgehead atoms. The van der Waals surface area contributed by atoms with Crippen LogP contribution in [-0.4, -0.2) is 40.1 Å². The maximum Gasteiger partial charge on any atom is 0.233 e. The SMILES string of the molecule is COc1ccc(CNC(=O)C(C)Sc2nnc(C(C)C)n2C2CC2)cc1OC. The number of ether oxygens (including phenoxy) is 2. The van der Waals surface area contributed by atoms with E-state index in [9.17, 15) is 4.79 Å². The molecule has 1 unspecified atom stereocenters. The molecule has 1 N–H and O–H groups in total. The molecule has 1 saturated carbocycles. The molecular formula is C20H28N4O3S. The Bertz CT molecular complexity index is 833. The normalized spacial score (nSPS) is 14.8. The van der Waals surface area contributed by atoms with Gasteiger partial charge >= 0.3 is 0 Å². The van der Waals surface area contributed by atoms with Crippen LogP contribution in [0, 0.1) is 0 Å². The van der Waals surface area contributed by atoms with Crippen molar-refractivity contribution in [3.05, 3.63) is 29.6 Å². The Balaban J connectivity index is 1.61. The van der Waals surface area contributed by atoms with E-state index < -0.39 is 0 Å². The topological polar surface area (TPSA) is 78.3 Å². The second-order valence-electron chi connectivity index (χ2n) is 7.26. The minimum absolute atomic E-state index is 0.0313. The lowest BCUT2D eigenvalue weighted by Gasteiger charge is -2.15. The molecule has 0 saturated heterocycles. The zero-order valence-corrected chi connectivity index (χ0v) is 17.9. The number of methoxy groups -OCH3 is 2. The molecule has 152 valence electrons. The fourth-order valence-electron chi connectivity index (χ4n) is 2.97. The van der Waals surface area contributed by atoms with Gasteiger partial charge in [0, 0.05) is 18.5 Å². The lowest BCUT2D eigenvalue weighted by molar-refractivity contribution is -0.120. The van der Waals surface area contributed by atoms with Gasteiger partial charge in [0.1, 0.15) is 5.82 Å². The third kappa shape index (κ3) is 4.60. The Kier molecular flexibility index (Phi) is 6.49. The van der Waals surface area contributed by atoms with Gasteiger partial charge in [-0.15, -0.1) is 10.2 Å². The van der Waals surface area contributed by atoms with E-state index in [-0.39, 0.29) is 11.2 Å². The molecule has 1 aliphatic rings. The van der Waals surface area contributed by atoms with Gasteiger partial charge in [0.15, 0.2) is 16.7 Å². The maximum absolute atomic E-state index is 12.6. The molecule has 0 radical (unpaired) electrons. The molecule has 8 heteroatoms. The summed E-state index contributed by atoms with van der Waals surface area (Å²) in [7, 11) is 3.20. The van der Waals surface area contributed by atoms with Crippen molar-refractivity contribution in [1.29, 1.82) is 0 Å². The van der Waals surface area contributed by atoms with Crippen molar-refractivity contribution in [2.24, 2.45) is 0 Å². The number of rotatable bonds is 9. The second kappa shape index (κ2) is 8.86. The maximum atomic E-state index is 12.6. The third-order valence-electron chi connectivity index (χ3n) is 4.69. The molecule has 1 fully saturated rings. The molecule has 2 aromatic rings. The van der Waals surface area contributed by atoms with Crippen molar-refractivity contribution in [2.75, 3.05) is 14.2 Å². The predicted molar refractivity (Wildman–Crippen MR) is 109 cm³/mol. The molecule has 28 heavy (non-hydrogen) atoms. The lowest BCUT2D eigenvalue weighted by Crippen LogP contribution is -2.30. The molecule has 1 aromatic carbocycles. The van der Waals surface area contributed by atoms with Gasteiger partial charge in [-0.1, -0.05) is 31.7 Å². The monoisotopic (exact) mass is 404 g/mol. The smallest absolute Gasteiger partial charge is 0.233 e. The molecule has 1 heterocycles. The summed E-state index contributed by atoms with van der Waals surface area (Å²) in [6, 6.07) is 6.11. The minimum atomic E-state index is -0.262. The molecular weight excluding hydrogens is 376 g/mol. The Hall–Kier alpha value is -2.22. The van der Waals surface area contributed by atoms with E-state index in [1.165, 1.54) is 11.8 Å². The second-order valence-corrected chi connectivity index (χ2v) is 8.57. The van der Waals surface area contributed by atoms with Gasteiger partial charge in [-0.3, -0.25) is 4.79 Å². The van der Waals surface area contributed by atoms with Crippen molar-refractivity contribution >= 4 is 17.7 Å². The van der Waals surface area contributed by atoms with E-state index in [0.29, 0.717) is 30.0 Å². The van der Waals surface area contributed by atoms with Gasteiger partial charge in [-0.05, 0) is 37.5 Å². The lowest BCUT2D eigenvalue weighted by atomic mass is 10.2. The number of aromatic nitrogens is 3. The van der Waals surface area contributed by atoms with Crippen LogP contribution in [0.2, 0.25) is 0 Å². The van der Waals surface area contributed by atoms with Crippen LogP contribution in [0.3, 0.4) is 0 Å². The number of nitrogens with zero attached hydrogens (tertiary/aromatic N) is 3. The largest absolute Gasteiger partial charge is 0.493 e. The Morgan fingerprint density at radius 2 is 1.93 bits per heavy atom. The summed E-state index contributed by atoms with van der Waals surface area (Å²) in [5.41, 5.74) is 0.950. The highest BCUT2D eigenvalue weighted by Gasteiger charge is 2.31. The van der Waals surface area contributed by atoms with Crippen molar-refractivity contribution in [3.8, 4) is 11.5 Å². The number of benzene rings is 1. The molecule has 1 atom stereocenters. The number of thioether (sulfide) groups is 1. The first kappa shape index (κ1) is 20.5. The van der Waals surface area contributed by atoms with E-state index in [2.05, 4.69) is 33.9 Å². The highest BCUT2D eigenvalue weighted by Crippen LogP contribution is 2.40. The number of hydrogen-bond acceptors (Lipinski definition) is 6. The fourth-order valence-corrected chi connectivity index (χ4v) is 3.92. The van der Waals surface area contributed by atoms with Gasteiger partial charge in [-0.25, -0.2) is 0 Å². The van der Waals surface area contributed by atoms with Crippen LogP contribution in [0.25, 0.3) is 0 Å². The van der Waals surface area contributed by atoms with Crippen LogP contribution in [0.4, 0.5) is 0 Å². The summed E-state index contributed by atoms with van der Waals surface area (Å²) < 4.78 is 12.8. The molecule has 0 spiro atoms. The van der Waals surface area contributed by atoms with E-state index in [0.717, 1.165) is 29.4 Å². The van der Waals surface area contributed by atoms with Crippen molar-refractivity contribution < 1.29 is 14.3 Å². The minimum Gasteiger partial charge on any atom is -0.493 e. The van der Waals surface area contributed by atoms with Gasteiger partial charge in [0.2, 0.25) is 5.91 Å². The Labute approximate surface area is 170 Å². The predicted octanol–water partition coefficient (Wildman–Crippen LogP) is 3.55. The zero-order chi connectivity index (χ0) is 20.3. The van der Waals surface area contributed by atoms with Crippen molar-refractivity contribution in [3.63, 3.8) is 0 Å². The number of hydrogen-bond donors (Lipinski definition) is 1. The van der Waals surface area contributed by atoms with E-state index in [4.69, 9.17) is 9.47 Å². The van der Waals surface area contributed by atoms with Gasteiger partial charge in [0.25, 0.3) is 0 Å². The Morgan fingerprint density at radius 3 is 2.54 bits per heavy atom. The summed E-state index contributed by atoms with van der Waals surface area (Å²) in [6.07, 6.45) is 2.32. The first-order valence-electron chi connectivity index (χ1n) is 9.54. The first-order chi connectivity index (χ1) is 13.4. The van der Waals surface area contributed by atoms with Gasteiger partial charge in [0.05, 0.1) is 19.5 Å². The molecule has 1 amide bonds. The van der Waals surface area contributed by atoms with Crippen LogP contribution in [0.5, 0.6) is 11.5 Å². The van der Waals surface area contributed by atoms with Crippen LogP contribution < -0.4 is 14.8 Å². The molecule has 1 aromatic heterocycles. The molecule has 3 rings (SSSR count). The highest BCUT2D eigenvalue weighted by atomic mass is 32.2. The quantitative estimate of drug-likeness (QED) is 0.644. The zero-order valence-electron chi connectivity index (χ0n) is 17.1. The molecule has 7 nitrogen and oxygen atoms in total. The van der Waals surface area contributed by atoms with Crippen LogP contribution in [0.15, 0.2) is 23.4 Å². The molecule has 1 aliphatic carbocycles. The van der Waals surface area contributed by atoms with Gasteiger partial charge in [-0.2, -0.15) is 0 Å². The fraction of sp³-hybridized carbons (Fsp3) is 0.550. The summed E-state index contributed by atoms with van der Waals surface area (Å²) >= 11 is 1.47. The Morgan fingerprint density at radius 1 is 1.21 bits per heavy atom. The summed E-state index contributed by atoms with van der Waals surface area (Å²) in [5, 5.41) is 12.3. The average molecular weight is 405 g/mol. The number of amides is 1. The van der Waals surface area contributed by atoms with E-state index in [1.54, 1.807) is 14.2 Å². The van der Waals surface area contributed by atoms with Crippen molar-refractivity contribution in [2.45, 2.75) is 62.5 Å². The van der Waals surface area contributed by atoms with Crippen molar-refractivity contribution in [1.82, 2.24) is 20.1 Å². The number of nitrogens with one attached hydrogen (secondary N) is 1. The average Bonchev–Trinajstić information content (AvgIpc) is 3.45. The number of carbonyl (C=O) groups excluding carboxylic acids is 1. The molecule has 0 aliphatic heterocycles. The number of carbonyl (C=O) groups is 1.